The molecule has 0 bridgehead atoms. The summed E-state index contributed by atoms with van der Waals surface area (Å²) in [7, 11) is 1.92. The summed E-state index contributed by atoms with van der Waals surface area (Å²) in [6, 6.07) is 0. The highest BCUT2D eigenvalue weighted by molar-refractivity contribution is 5.75. The molecule has 0 atom stereocenters. The SMILES string of the molecule is Cc1nn(C)c(C)c1-c1[nH]ncc1N. The molecular formula is C9H13N5. The molecule has 2 heterocycles. The number of nitrogens with two attached hydrogens (primary N) is 1. The van der Waals surface area contributed by atoms with Crippen LogP contribution in [-0.2, 0) is 7.05 Å². The molecule has 0 saturated heterocycles. The lowest BCUT2D eigenvalue weighted by Crippen LogP contribution is -1.93. The Morgan fingerprint density at radius 2 is 2.14 bits per heavy atom. The maximum absolute atomic E-state index is 5.79. The molecule has 5 heteroatoms. The molecule has 2 aromatic heterocycles. The average Bonchev–Trinajstić information content (AvgIpc) is 2.60. The van der Waals surface area contributed by atoms with E-state index in [0.29, 0.717) is 5.69 Å². The number of nitrogens with zero attached hydrogens (tertiary/aromatic N) is 3. The van der Waals surface area contributed by atoms with Crippen molar-refractivity contribution in [1.82, 2.24) is 20.0 Å². The van der Waals surface area contributed by atoms with Crippen molar-refractivity contribution in [1.29, 1.82) is 0 Å². The molecule has 0 unspecified atom stereocenters. The number of nitrogens with one attached hydrogen (secondary N) is 1. The summed E-state index contributed by atoms with van der Waals surface area (Å²) in [6.07, 6.45) is 1.61. The van der Waals surface area contributed by atoms with E-state index in [1.54, 1.807) is 6.20 Å². The Morgan fingerprint density at radius 3 is 2.57 bits per heavy atom. The summed E-state index contributed by atoms with van der Waals surface area (Å²) in [5.74, 6) is 0. The lowest BCUT2D eigenvalue weighted by atomic mass is 10.1. The molecule has 0 spiro atoms. The molecule has 3 N–H and O–H groups in total. The topological polar surface area (TPSA) is 72.5 Å². The van der Waals surface area contributed by atoms with Crippen LogP contribution < -0.4 is 5.73 Å². The van der Waals surface area contributed by atoms with Crippen molar-refractivity contribution in [3.63, 3.8) is 0 Å². The third kappa shape index (κ3) is 1.09. The van der Waals surface area contributed by atoms with Gasteiger partial charge < -0.3 is 5.73 Å². The number of nitrogen functional groups attached to an aromatic ring is 1. The maximum atomic E-state index is 5.79. The molecule has 0 aliphatic rings. The molecule has 2 rings (SSSR count). The van der Waals surface area contributed by atoms with Crippen LogP contribution in [0.2, 0.25) is 0 Å². The Bertz CT molecular complexity index is 466. The van der Waals surface area contributed by atoms with Crippen LogP contribution in [0.4, 0.5) is 5.69 Å². The summed E-state index contributed by atoms with van der Waals surface area (Å²) in [5.41, 5.74) is 10.4. The highest BCUT2D eigenvalue weighted by Crippen LogP contribution is 2.28. The molecule has 0 aromatic carbocycles. The van der Waals surface area contributed by atoms with Crippen molar-refractivity contribution in [2.24, 2.45) is 7.05 Å². The molecule has 0 aliphatic carbocycles. The number of aromatic nitrogens is 4. The van der Waals surface area contributed by atoms with Gasteiger partial charge in [0.15, 0.2) is 0 Å². The second-order valence-corrected chi connectivity index (χ2v) is 3.37. The third-order valence-electron chi connectivity index (χ3n) is 2.43. The van der Waals surface area contributed by atoms with E-state index in [9.17, 15) is 0 Å². The van der Waals surface area contributed by atoms with Crippen molar-refractivity contribution in [3.8, 4) is 11.3 Å². The van der Waals surface area contributed by atoms with Gasteiger partial charge in [0.25, 0.3) is 0 Å². The number of hydrogen-bond acceptors (Lipinski definition) is 3. The van der Waals surface area contributed by atoms with Gasteiger partial charge in [-0.05, 0) is 13.8 Å². The van der Waals surface area contributed by atoms with Gasteiger partial charge in [-0.25, -0.2) is 0 Å². The van der Waals surface area contributed by atoms with Gasteiger partial charge in [-0.2, -0.15) is 10.2 Å². The number of rotatable bonds is 1. The number of aryl methyl sites for hydroxylation is 2. The molecule has 0 aliphatic heterocycles. The van der Waals surface area contributed by atoms with E-state index >= 15 is 0 Å². The molecule has 2 aromatic rings. The Kier molecular flexibility index (Phi) is 1.80. The van der Waals surface area contributed by atoms with E-state index in [1.807, 2.05) is 25.6 Å². The van der Waals surface area contributed by atoms with Crippen LogP contribution in [-0.4, -0.2) is 20.0 Å². The molecule has 0 fully saturated rings. The average molecular weight is 191 g/mol. The largest absolute Gasteiger partial charge is 0.396 e. The summed E-state index contributed by atoms with van der Waals surface area (Å²) >= 11 is 0. The van der Waals surface area contributed by atoms with Gasteiger partial charge in [0.1, 0.15) is 0 Å². The van der Waals surface area contributed by atoms with Gasteiger partial charge in [0.05, 0.1) is 23.3 Å². The minimum Gasteiger partial charge on any atom is -0.396 e. The van der Waals surface area contributed by atoms with Gasteiger partial charge >= 0.3 is 0 Å². The quantitative estimate of drug-likeness (QED) is 0.706. The Hall–Kier alpha value is -1.78. The van der Waals surface area contributed by atoms with Crippen LogP contribution in [0.1, 0.15) is 11.4 Å². The number of hydrogen-bond donors (Lipinski definition) is 2. The number of anilines is 1. The van der Waals surface area contributed by atoms with Crippen molar-refractivity contribution < 1.29 is 0 Å². The lowest BCUT2D eigenvalue weighted by molar-refractivity contribution is 0.731. The summed E-state index contributed by atoms with van der Waals surface area (Å²) < 4.78 is 1.84. The first kappa shape index (κ1) is 8.80. The smallest absolute Gasteiger partial charge is 0.0917 e. The van der Waals surface area contributed by atoms with E-state index in [2.05, 4.69) is 15.3 Å². The summed E-state index contributed by atoms with van der Waals surface area (Å²) in [6.45, 7) is 3.97. The third-order valence-corrected chi connectivity index (χ3v) is 2.43. The van der Waals surface area contributed by atoms with Crippen LogP contribution in [0.15, 0.2) is 6.20 Å². The minimum absolute atomic E-state index is 0.657. The second-order valence-electron chi connectivity index (χ2n) is 3.37. The van der Waals surface area contributed by atoms with E-state index in [1.165, 1.54) is 0 Å². The first-order chi connectivity index (χ1) is 6.61. The fourth-order valence-electron chi connectivity index (χ4n) is 1.63. The molecule has 14 heavy (non-hydrogen) atoms. The van der Waals surface area contributed by atoms with Crippen LogP contribution in [0, 0.1) is 13.8 Å². The van der Waals surface area contributed by atoms with Crippen molar-refractivity contribution in [2.75, 3.05) is 5.73 Å². The maximum Gasteiger partial charge on any atom is 0.0917 e. The predicted molar refractivity (Wildman–Crippen MR) is 54.7 cm³/mol. The summed E-state index contributed by atoms with van der Waals surface area (Å²) in [5, 5.41) is 11.1. The van der Waals surface area contributed by atoms with Crippen LogP contribution in [0.3, 0.4) is 0 Å². The molecule has 0 amide bonds. The van der Waals surface area contributed by atoms with Crippen LogP contribution >= 0.6 is 0 Å². The molecule has 0 radical (unpaired) electrons. The normalized spacial score (nSPS) is 10.8. The van der Waals surface area contributed by atoms with E-state index in [4.69, 9.17) is 5.73 Å². The Labute approximate surface area is 81.9 Å². The zero-order valence-electron chi connectivity index (χ0n) is 8.50. The predicted octanol–water partition coefficient (Wildman–Crippen LogP) is 1.01. The lowest BCUT2D eigenvalue weighted by Gasteiger charge is -1.99. The summed E-state index contributed by atoms with van der Waals surface area (Å²) in [4.78, 5) is 0. The van der Waals surface area contributed by atoms with Gasteiger partial charge in [-0.15, -0.1) is 0 Å². The Balaban J connectivity index is 2.68. The monoisotopic (exact) mass is 191 g/mol. The van der Waals surface area contributed by atoms with E-state index < -0.39 is 0 Å². The van der Waals surface area contributed by atoms with E-state index in [0.717, 1.165) is 22.6 Å². The molecule has 5 nitrogen and oxygen atoms in total. The number of aromatic amines is 1. The fraction of sp³-hybridized carbons (Fsp3) is 0.333. The second kappa shape index (κ2) is 2.87. The fourth-order valence-corrected chi connectivity index (χ4v) is 1.63. The zero-order valence-corrected chi connectivity index (χ0v) is 8.50. The van der Waals surface area contributed by atoms with Crippen LogP contribution in [0.25, 0.3) is 11.3 Å². The Morgan fingerprint density at radius 1 is 1.43 bits per heavy atom. The van der Waals surface area contributed by atoms with Crippen molar-refractivity contribution in [2.45, 2.75) is 13.8 Å². The first-order valence-electron chi connectivity index (χ1n) is 4.40. The van der Waals surface area contributed by atoms with Gasteiger partial charge in [-0.3, -0.25) is 9.78 Å². The molecule has 0 saturated carbocycles. The standard InChI is InChI=1S/C9H13N5/c1-5-8(6(2)14(3)13-5)9-7(10)4-11-12-9/h4H,10H2,1-3H3,(H,11,12). The zero-order chi connectivity index (χ0) is 10.3. The van der Waals surface area contributed by atoms with Crippen molar-refractivity contribution >= 4 is 5.69 Å². The van der Waals surface area contributed by atoms with Crippen molar-refractivity contribution in [3.05, 3.63) is 17.6 Å². The molecule has 74 valence electrons. The highest BCUT2D eigenvalue weighted by Gasteiger charge is 2.14. The van der Waals surface area contributed by atoms with Gasteiger partial charge in [0, 0.05) is 18.3 Å². The molecular weight excluding hydrogens is 178 g/mol. The van der Waals surface area contributed by atoms with Gasteiger partial charge in [0.2, 0.25) is 0 Å². The highest BCUT2D eigenvalue weighted by atomic mass is 15.3. The first-order valence-corrected chi connectivity index (χ1v) is 4.40. The minimum atomic E-state index is 0.657. The van der Waals surface area contributed by atoms with Crippen LogP contribution in [0.5, 0.6) is 0 Å². The number of H-pyrrole nitrogens is 1. The van der Waals surface area contributed by atoms with E-state index in [-0.39, 0.29) is 0 Å². The van der Waals surface area contributed by atoms with Gasteiger partial charge in [-0.1, -0.05) is 0 Å².